The lowest BCUT2D eigenvalue weighted by molar-refractivity contribution is -0.137. The minimum Gasteiger partial charge on any atom is -0.346 e. The number of nitrogens with zero attached hydrogens (tertiary/aromatic N) is 2. The molecule has 0 spiro atoms. The number of carbonyl (C=O) groups excluding carboxylic acids is 1. The minimum absolute atomic E-state index is 0.0680. The first-order chi connectivity index (χ1) is 8.37. The highest BCUT2D eigenvalue weighted by Crippen LogP contribution is 2.11. The Morgan fingerprint density at radius 2 is 2.22 bits per heavy atom. The van der Waals surface area contributed by atoms with Crippen molar-refractivity contribution < 1.29 is 18.0 Å². The Labute approximate surface area is 102 Å². The molecule has 1 aromatic rings. The molecule has 5 nitrogen and oxygen atoms in total. The van der Waals surface area contributed by atoms with Gasteiger partial charge in [-0.3, -0.25) is 9.48 Å². The van der Waals surface area contributed by atoms with Crippen molar-refractivity contribution in [1.29, 1.82) is 0 Å². The van der Waals surface area contributed by atoms with Crippen molar-refractivity contribution in [1.82, 2.24) is 20.4 Å². The van der Waals surface area contributed by atoms with Crippen molar-refractivity contribution in [3.63, 3.8) is 0 Å². The Morgan fingerprint density at radius 1 is 1.50 bits per heavy atom. The summed E-state index contributed by atoms with van der Waals surface area (Å²) in [5.74, 6) is -0.681. The van der Waals surface area contributed by atoms with Gasteiger partial charge in [0, 0.05) is 18.4 Å². The van der Waals surface area contributed by atoms with Crippen LogP contribution in [0.3, 0.4) is 0 Å². The predicted octanol–water partition coefficient (Wildman–Crippen LogP) is 0.540. The molecule has 0 aliphatic carbocycles. The summed E-state index contributed by atoms with van der Waals surface area (Å²) in [5, 5.41) is 8.58. The molecule has 8 heteroatoms. The molecule has 1 aromatic heterocycles. The van der Waals surface area contributed by atoms with E-state index in [2.05, 4.69) is 10.4 Å². The fourth-order valence-corrected chi connectivity index (χ4v) is 1.28. The quantitative estimate of drug-likeness (QED) is 0.788. The van der Waals surface area contributed by atoms with Crippen LogP contribution in [0.5, 0.6) is 0 Å². The second-order valence-electron chi connectivity index (χ2n) is 3.90. The fraction of sp³-hybridized carbons (Fsp3) is 0.600. The van der Waals surface area contributed by atoms with Gasteiger partial charge in [-0.1, -0.05) is 0 Å². The van der Waals surface area contributed by atoms with Crippen molar-refractivity contribution >= 4 is 5.91 Å². The first-order valence-corrected chi connectivity index (χ1v) is 5.41. The molecule has 102 valence electrons. The van der Waals surface area contributed by atoms with Crippen molar-refractivity contribution in [3.8, 4) is 0 Å². The number of aromatic nitrogens is 2. The van der Waals surface area contributed by atoms with E-state index in [0.29, 0.717) is 6.54 Å². The Kier molecular flexibility index (Phi) is 5.14. The van der Waals surface area contributed by atoms with Gasteiger partial charge in [0.15, 0.2) is 0 Å². The third-order valence-electron chi connectivity index (χ3n) is 2.12. The molecule has 0 aliphatic rings. The highest BCUT2D eigenvalue weighted by atomic mass is 19.4. The first-order valence-electron chi connectivity index (χ1n) is 5.41. The molecule has 0 aromatic carbocycles. The maximum absolute atomic E-state index is 11.8. The first kappa shape index (κ1) is 14.5. The normalized spacial score (nSPS) is 13.3. The van der Waals surface area contributed by atoms with Crippen LogP contribution >= 0.6 is 0 Å². The van der Waals surface area contributed by atoms with Gasteiger partial charge < -0.3 is 10.6 Å². The summed E-state index contributed by atoms with van der Waals surface area (Å²) < 4.78 is 37.1. The van der Waals surface area contributed by atoms with Crippen LogP contribution in [0.4, 0.5) is 13.2 Å². The number of hydrogen-bond donors (Lipinski definition) is 2. The summed E-state index contributed by atoms with van der Waals surface area (Å²) in [6.45, 7) is 0.901. The van der Waals surface area contributed by atoms with Crippen molar-refractivity contribution in [3.05, 3.63) is 18.5 Å². The topological polar surface area (TPSA) is 59.0 Å². The molecule has 0 bridgehead atoms. The lowest BCUT2D eigenvalue weighted by atomic mass is 10.3. The minimum atomic E-state index is -4.38. The van der Waals surface area contributed by atoms with Gasteiger partial charge in [-0.05, 0) is 13.0 Å². The zero-order valence-electron chi connectivity index (χ0n) is 9.87. The Hall–Kier alpha value is -1.57. The molecular formula is C10H15F3N4O. The highest BCUT2D eigenvalue weighted by Gasteiger charge is 2.27. The van der Waals surface area contributed by atoms with Crippen LogP contribution < -0.4 is 10.6 Å². The number of halogens is 3. The molecule has 1 atom stereocenters. The lowest BCUT2D eigenvalue weighted by Gasteiger charge is -2.14. The summed E-state index contributed by atoms with van der Waals surface area (Å²) in [5.41, 5.74) is 0. The van der Waals surface area contributed by atoms with Gasteiger partial charge in [-0.2, -0.15) is 18.3 Å². The molecule has 1 heterocycles. The van der Waals surface area contributed by atoms with Gasteiger partial charge in [-0.15, -0.1) is 0 Å². The second-order valence-corrected chi connectivity index (χ2v) is 3.90. The molecule has 0 fully saturated rings. The molecule has 0 aliphatic heterocycles. The second kappa shape index (κ2) is 6.39. The summed E-state index contributed by atoms with van der Waals surface area (Å²) in [7, 11) is 0. The summed E-state index contributed by atoms with van der Waals surface area (Å²) >= 11 is 0. The standard InChI is InChI=1S/C10H15F3N4O/c1-8(6-17-4-2-3-16-17)14-5-9(18)15-7-10(11,12)13/h2-4,8,14H,5-7H2,1H3,(H,15,18). The number of carbonyl (C=O) groups is 1. The maximum atomic E-state index is 11.8. The number of rotatable bonds is 6. The Bertz CT molecular complexity index is 364. The Balaban J connectivity index is 2.18. The van der Waals surface area contributed by atoms with Crippen LogP contribution in [0.2, 0.25) is 0 Å². The predicted molar refractivity (Wildman–Crippen MR) is 58.8 cm³/mol. The van der Waals surface area contributed by atoms with E-state index in [-0.39, 0.29) is 12.6 Å². The van der Waals surface area contributed by atoms with E-state index in [1.807, 2.05) is 6.92 Å². The van der Waals surface area contributed by atoms with E-state index < -0.39 is 18.6 Å². The van der Waals surface area contributed by atoms with Crippen molar-refractivity contribution in [2.75, 3.05) is 13.1 Å². The van der Waals surface area contributed by atoms with E-state index >= 15 is 0 Å². The molecule has 2 N–H and O–H groups in total. The molecule has 18 heavy (non-hydrogen) atoms. The average Bonchev–Trinajstić information content (AvgIpc) is 2.75. The summed E-state index contributed by atoms with van der Waals surface area (Å²) in [6, 6.07) is 1.70. The van der Waals surface area contributed by atoms with Crippen LogP contribution in [0.15, 0.2) is 18.5 Å². The van der Waals surface area contributed by atoms with Crippen LogP contribution in [0, 0.1) is 0 Å². The zero-order chi connectivity index (χ0) is 13.6. The van der Waals surface area contributed by atoms with E-state index in [1.54, 1.807) is 28.5 Å². The Morgan fingerprint density at radius 3 is 2.78 bits per heavy atom. The molecule has 1 rings (SSSR count). The van der Waals surface area contributed by atoms with Gasteiger partial charge in [0.05, 0.1) is 13.1 Å². The van der Waals surface area contributed by atoms with Crippen LogP contribution in [0.25, 0.3) is 0 Å². The third kappa shape index (κ3) is 6.24. The monoisotopic (exact) mass is 264 g/mol. The number of alkyl halides is 3. The van der Waals surface area contributed by atoms with E-state index in [0.717, 1.165) is 0 Å². The SMILES string of the molecule is CC(Cn1cccn1)NCC(=O)NCC(F)(F)F. The molecule has 0 radical (unpaired) electrons. The van der Waals surface area contributed by atoms with Gasteiger partial charge in [0.25, 0.3) is 0 Å². The number of nitrogens with one attached hydrogen (secondary N) is 2. The van der Waals surface area contributed by atoms with Gasteiger partial charge in [-0.25, -0.2) is 0 Å². The third-order valence-corrected chi connectivity index (χ3v) is 2.12. The van der Waals surface area contributed by atoms with Gasteiger partial charge >= 0.3 is 6.18 Å². The summed E-state index contributed by atoms with van der Waals surface area (Å²) in [4.78, 5) is 11.1. The highest BCUT2D eigenvalue weighted by molar-refractivity contribution is 5.78. The number of hydrogen-bond acceptors (Lipinski definition) is 3. The van der Waals surface area contributed by atoms with Gasteiger partial charge in [0.1, 0.15) is 6.54 Å². The van der Waals surface area contributed by atoms with Crippen LogP contribution in [-0.2, 0) is 11.3 Å². The lowest BCUT2D eigenvalue weighted by Crippen LogP contribution is -2.42. The molecular weight excluding hydrogens is 249 g/mol. The van der Waals surface area contributed by atoms with Crippen LogP contribution in [0.1, 0.15) is 6.92 Å². The van der Waals surface area contributed by atoms with Crippen molar-refractivity contribution in [2.45, 2.75) is 25.7 Å². The van der Waals surface area contributed by atoms with E-state index in [1.165, 1.54) is 0 Å². The van der Waals surface area contributed by atoms with Crippen LogP contribution in [-0.4, -0.2) is 41.0 Å². The number of amides is 1. The molecule has 0 saturated heterocycles. The van der Waals surface area contributed by atoms with Crippen molar-refractivity contribution in [2.24, 2.45) is 0 Å². The summed E-state index contributed by atoms with van der Waals surface area (Å²) in [6.07, 6.45) is -0.985. The maximum Gasteiger partial charge on any atom is 0.405 e. The zero-order valence-corrected chi connectivity index (χ0v) is 9.87. The fourth-order valence-electron chi connectivity index (χ4n) is 1.28. The largest absolute Gasteiger partial charge is 0.405 e. The molecule has 1 unspecified atom stereocenters. The van der Waals surface area contributed by atoms with E-state index in [9.17, 15) is 18.0 Å². The molecule has 0 saturated carbocycles. The smallest absolute Gasteiger partial charge is 0.346 e. The molecule has 1 amide bonds. The van der Waals surface area contributed by atoms with E-state index in [4.69, 9.17) is 0 Å². The average molecular weight is 264 g/mol. The van der Waals surface area contributed by atoms with Gasteiger partial charge in [0.2, 0.25) is 5.91 Å².